The molecule has 0 radical (unpaired) electrons. The summed E-state index contributed by atoms with van der Waals surface area (Å²) in [5.74, 6) is 1.88. The summed E-state index contributed by atoms with van der Waals surface area (Å²) >= 11 is 3.59. The Hall–Kier alpha value is -0.350. The second-order valence-corrected chi connectivity index (χ2v) is 9.39. The van der Waals surface area contributed by atoms with Gasteiger partial charge >= 0.3 is 5.97 Å². The van der Waals surface area contributed by atoms with Gasteiger partial charge in [0.05, 0.1) is 6.61 Å². The first-order valence-corrected chi connectivity index (χ1v) is 10.4. The summed E-state index contributed by atoms with van der Waals surface area (Å²) in [5, 5.41) is 10.2. The molecule has 1 N–H and O–H groups in total. The number of carbonyl (C=O) groups is 1. The van der Waals surface area contributed by atoms with E-state index >= 15 is 0 Å². The van der Waals surface area contributed by atoms with Gasteiger partial charge in [-0.1, -0.05) is 35.4 Å². The van der Waals surface area contributed by atoms with E-state index in [-0.39, 0.29) is 5.92 Å². The van der Waals surface area contributed by atoms with Crippen LogP contribution < -0.4 is 0 Å². The van der Waals surface area contributed by atoms with Crippen LogP contribution in [0.2, 0.25) is 0 Å². The highest BCUT2D eigenvalue weighted by atomic mass is 79.9. The molecule has 2 aliphatic carbocycles. The Labute approximate surface area is 154 Å². The summed E-state index contributed by atoms with van der Waals surface area (Å²) in [5.41, 5.74) is 0.708. The molecule has 1 saturated heterocycles. The fourth-order valence-electron chi connectivity index (χ4n) is 6.04. The topological polar surface area (TPSA) is 46.5 Å². The molecule has 3 nitrogen and oxygen atoms in total. The summed E-state index contributed by atoms with van der Waals surface area (Å²) in [7, 11) is 0. The Balaban J connectivity index is 1.67. The first kappa shape index (κ1) is 18.4. The zero-order valence-corrected chi connectivity index (χ0v) is 16.8. The average Bonchev–Trinajstić information content (AvgIpc) is 2.87. The third-order valence-corrected chi connectivity index (χ3v) is 7.73. The van der Waals surface area contributed by atoms with E-state index in [0.29, 0.717) is 24.4 Å². The van der Waals surface area contributed by atoms with Crippen LogP contribution in [0, 0.1) is 29.1 Å². The standard InChI is InChI=1S/C20H31BrO3/c1-13(9-14-10-20(3,23)18(22)24-12-14)16-6-7-17-15(11-21)5-4-8-19(16,17)2/h11,13-14,16-17,23H,4-10,12H2,1-3H3/t13-,14-,16-,17?,19-,20-/m1/s1. The highest BCUT2D eigenvalue weighted by Gasteiger charge is 2.51. The van der Waals surface area contributed by atoms with Crippen LogP contribution in [0.4, 0.5) is 0 Å². The van der Waals surface area contributed by atoms with Crippen molar-refractivity contribution >= 4 is 21.9 Å². The molecule has 1 aliphatic heterocycles. The van der Waals surface area contributed by atoms with Gasteiger partial charge in [0.2, 0.25) is 0 Å². The predicted molar refractivity (Wildman–Crippen MR) is 98.7 cm³/mol. The minimum Gasteiger partial charge on any atom is -0.463 e. The molecule has 3 fully saturated rings. The van der Waals surface area contributed by atoms with Crippen LogP contribution in [-0.2, 0) is 9.53 Å². The van der Waals surface area contributed by atoms with E-state index in [1.165, 1.54) is 32.1 Å². The van der Waals surface area contributed by atoms with Crippen LogP contribution in [-0.4, -0.2) is 23.3 Å². The zero-order chi connectivity index (χ0) is 17.5. The third kappa shape index (κ3) is 3.21. The Bertz CT molecular complexity index is 527. The lowest BCUT2D eigenvalue weighted by molar-refractivity contribution is -0.177. The molecule has 3 rings (SSSR count). The number of ether oxygens (including phenoxy) is 1. The van der Waals surface area contributed by atoms with Crippen molar-refractivity contribution < 1.29 is 14.6 Å². The summed E-state index contributed by atoms with van der Waals surface area (Å²) in [6, 6.07) is 0. The van der Waals surface area contributed by atoms with Crippen LogP contribution in [0.15, 0.2) is 10.6 Å². The van der Waals surface area contributed by atoms with E-state index in [9.17, 15) is 9.90 Å². The van der Waals surface area contributed by atoms with Gasteiger partial charge in [0.25, 0.3) is 0 Å². The van der Waals surface area contributed by atoms with Gasteiger partial charge in [-0.3, -0.25) is 0 Å². The highest BCUT2D eigenvalue weighted by Crippen LogP contribution is 2.60. The molecule has 1 heterocycles. The summed E-state index contributed by atoms with van der Waals surface area (Å²) in [6.07, 6.45) is 8.06. The maximum absolute atomic E-state index is 11.6. The van der Waals surface area contributed by atoms with Gasteiger partial charge in [-0.05, 0) is 85.9 Å². The van der Waals surface area contributed by atoms with Gasteiger partial charge in [-0.2, -0.15) is 0 Å². The van der Waals surface area contributed by atoms with Gasteiger partial charge < -0.3 is 9.84 Å². The molecule has 6 atom stereocenters. The average molecular weight is 399 g/mol. The maximum atomic E-state index is 11.6. The molecule has 0 spiro atoms. The van der Waals surface area contributed by atoms with Crippen molar-refractivity contribution in [1.29, 1.82) is 0 Å². The van der Waals surface area contributed by atoms with Crippen LogP contribution >= 0.6 is 15.9 Å². The maximum Gasteiger partial charge on any atom is 0.337 e. The molecule has 3 aliphatic rings. The lowest BCUT2D eigenvalue weighted by atomic mass is 9.60. The molecule has 136 valence electrons. The monoisotopic (exact) mass is 398 g/mol. The van der Waals surface area contributed by atoms with Crippen molar-refractivity contribution in [2.24, 2.45) is 29.1 Å². The van der Waals surface area contributed by atoms with Gasteiger partial charge in [-0.25, -0.2) is 4.79 Å². The van der Waals surface area contributed by atoms with E-state index in [2.05, 4.69) is 34.8 Å². The van der Waals surface area contributed by atoms with Crippen molar-refractivity contribution in [2.45, 2.75) is 71.3 Å². The van der Waals surface area contributed by atoms with Gasteiger partial charge in [-0.15, -0.1) is 0 Å². The second kappa shape index (κ2) is 6.75. The number of rotatable bonds is 3. The number of carbonyl (C=O) groups excluding carboxylic acids is 1. The molecule has 24 heavy (non-hydrogen) atoms. The van der Waals surface area contributed by atoms with Crippen LogP contribution in [0.3, 0.4) is 0 Å². The Morgan fingerprint density at radius 1 is 1.42 bits per heavy atom. The van der Waals surface area contributed by atoms with Crippen molar-refractivity contribution in [3.8, 4) is 0 Å². The number of hydrogen-bond acceptors (Lipinski definition) is 3. The van der Waals surface area contributed by atoms with Crippen molar-refractivity contribution in [3.63, 3.8) is 0 Å². The van der Waals surface area contributed by atoms with Crippen LogP contribution in [0.5, 0.6) is 0 Å². The Morgan fingerprint density at radius 3 is 2.83 bits per heavy atom. The second-order valence-electron chi connectivity index (χ2n) is 8.94. The van der Waals surface area contributed by atoms with E-state index < -0.39 is 11.6 Å². The van der Waals surface area contributed by atoms with Crippen LogP contribution in [0.25, 0.3) is 0 Å². The van der Waals surface area contributed by atoms with Gasteiger partial charge in [0.15, 0.2) is 5.60 Å². The number of esters is 1. The molecule has 2 saturated carbocycles. The molecule has 1 unspecified atom stereocenters. The number of hydrogen-bond donors (Lipinski definition) is 1. The summed E-state index contributed by atoms with van der Waals surface area (Å²) in [4.78, 5) is 13.8. The molecule has 0 bridgehead atoms. The molecule has 0 aromatic heterocycles. The summed E-state index contributed by atoms with van der Waals surface area (Å²) < 4.78 is 5.23. The van der Waals surface area contributed by atoms with E-state index in [1.54, 1.807) is 12.5 Å². The molecule has 4 heteroatoms. The van der Waals surface area contributed by atoms with Crippen LogP contribution in [0.1, 0.15) is 65.7 Å². The predicted octanol–water partition coefficient (Wildman–Crippen LogP) is 4.82. The first-order valence-electron chi connectivity index (χ1n) is 9.46. The number of allylic oxidation sites excluding steroid dienone is 1. The molecule has 0 aromatic rings. The fraction of sp³-hybridized carbons (Fsp3) is 0.850. The lowest BCUT2D eigenvalue weighted by Gasteiger charge is -2.45. The smallest absolute Gasteiger partial charge is 0.337 e. The molecular weight excluding hydrogens is 368 g/mol. The summed E-state index contributed by atoms with van der Waals surface area (Å²) in [6.45, 7) is 6.93. The lowest BCUT2D eigenvalue weighted by Crippen LogP contribution is -2.45. The van der Waals surface area contributed by atoms with Crippen molar-refractivity contribution in [2.75, 3.05) is 6.61 Å². The quantitative estimate of drug-likeness (QED) is 0.692. The highest BCUT2D eigenvalue weighted by molar-refractivity contribution is 9.11. The van der Waals surface area contributed by atoms with Gasteiger partial charge in [0.1, 0.15) is 0 Å². The SMILES string of the molecule is C[C@H](C[C@H]1COC(=O)[C@](C)(O)C1)[C@H]1CCC2C(=CBr)CCC[C@@]21C. The minimum atomic E-state index is -1.30. The normalized spacial score (nSPS) is 45.8. The van der Waals surface area contributed by atoms with Crippen molar-refractivity contribution in [3.05, 3.63) is 10.6 Å². The van der Waals surface area contributed by atoms with Crippen molar-refractivity contribution in [1.82, 2.24) is 0 Å². The van der Waals surface area contributed by atoms with E-state index in [4.69, 9.17) is 4.74 Å². The van der Waals surface area contributed by atoms with Gasteiger partial charge in [0, 0.05) is 0 Å². The number of aliphatic hydroxyl groups is 1. The molecule has 0 amide bonds. The number of cyclic esters (lactones) is 1. The molecular formula is C20H31BrO3. The van der Waals surface area contributed by atoms with E-state index in [1.807, 2.05) is 0 Å². The Morgan fingerprint density at radius 2 is 2.17 bits per heavy atom. The number of halogens is 1. The minimum absolute atomic E-state index is 0.283. The first-order chi connectivity index (χ1) is 11.3. The third-order valence-electron chi connectivity index (χ3n) is 7.15. The fourth-order valence-corrected chi connectivity index (χ4v) is 6.59. The largest absolute Gasteiger partial charge is 0.463 e. The van der Waals surface area contributed by atoms with E-state index in [0.717, 1.165) is 18.3 Å². The zero-order valence-electron chi connectivity index (χ0n) is 15.2. The molecule has 0 aromatic carbocycles. The Kier molecular flexibility index (Phi) is 5.19. The number of fused-ring (bicyclic) bond motifs is 1.